The summed E-state index contributed by atoms with van der Waals surface area (Å²) in [7, 11) is -2.93. The molecule has 0 amide bonds. The summed E-state index contributed by atoms with van der Waals surface area (Å²) in [4.78, 5) is 3.20. The fourth-order valence-corrected chi connectivity index (χ4v) is 3.10. The Kier molecular flexibility index (Phi) is 3.73. The van der Waals surface area contributed by atoms with Crippen molar-refractivity contribution in [3.8, 4) is 0 Å². The molecule has 0 aliphatic rings. The number of benzene rings is 1. The molecule has 1 unspecified atom stereocenters. The molecule has 1 aromatic carbocycles. The average molecular weight is 266 g/mol. The van der Waals surface area contributed by atoms with E-state index in [1.165, 1.54) is 11.6 Å². The van der Waals surface area contributed by atoms with Crippen molar-refractivity contribution in [2.45, 2.75) is 19.5 Å². The highest BCUT2D eigenvalue weighted by atomic mass is 32.2. The second kappa shape index (κ2) is 5.12. The zero-order chi connectivity index (χ0) is 13.2. The van der Waals surface area contributed by atoms with Gasteiger partial charge in [0.25, 0.3) is 0 Å². The maximum Gasteiger partial charge on any atom is 0.148 e. The van der Waals surface area contributed by atoms with Gasteiger partial charge >= 0.3 is 0 Å². The van der Waals surface area contributed by atoms with Crippen LogP contribution < -0.4 is 5.32 Å². The fourth-order valence-electron chi connectivity index (χ4n) is 2.08. The molecular weight excluding hydrogens is 248 g/mol. The van der Waals surface area contributed by atoms with Gasteiger partial charge in [-0.05, 0) is 18.6 Å². The minimum absolute atomic E-state index is 0.0475. The Hall–Kier alpha value is -1.33. The highest BCUT2D eigenvalue weighted by Gasteiger charge is 2.10. The molecule has 0 saturated heterocycles. The third kappa shape index (κ3) is 3.34. The maximum absolute atomic E-state index is 11.2. The van der Waals surface area contributed by atoms with Crippen molar-refractivity contribution in [1.29, 1.82) is 0 Å². The topological polar surface area (TPSA) is 62.0 Å². The van der Waals surface area contributed by atoms with Crippen molar-refractivity contribution < 1.29 is 8.42 Å². The molecule has 4 nitrogen and oxygen atoms in total. The number of aromatic nitrogens is 1. The second-order valence-corrected chi connectivity index (χ2v) is 6.92. The van der Waals surface area contributed by atoms with Gasteiger partial charge in [0, 0.05) is 35.9 Å². The van der Waals surface area contributed by atoms with Gasteiger partial charge in [-0.1, -0.05) is 18.2 Å². The Labute approximate surface area is 107 Å². The molecule has 0 spiro atoms. The number of hydrogen-bond acceptors (Lipinski definition) is 3. The number of rotatable bonds is 5. The predicted octanol–water partition coefficient (Wildman–Crippen LogP) is 1.69. The van der Waals surface area contributed by atoms with Crippen LogP contribution in [0.5, 0.6) is 0 Å². The molecule has 1 heterocycles. The van der Waals surface area contributed by atoms with Crippen LogP contribution in [0.15, 0.2) is 30.5 Å². The van der Waals surface area contributed by atoms with Crippen LogP contribution in [0.25, 0.3) is 10.9 Å². The van der Waals surface area contributed by atoms with Crippen molar-refractivity contribution in [1.82, 2.24) is 10.3 Å². The standard InChI is InChI=1S/C13H18N2O2S/c1-10(9-18(2,16)17)14-7-11-8-15-13-6-4-3-5-12(11)13/h3-6,8,10,14-15H,7,9H2,1-2H3. The molecular formula is C13H18N2O2S. The van der Waals surface area contributed by atoms with Crippen LogP contribution in [-0.2, 0) is 16.4 Å². The van der Waals surface area contributed by atoms with Crippen molar-refractivity contribution in [3.05, 3.63) is 36.0 Å². The quantitative estimate of drug-likeness (QED) is 0.865. The van der Waals surface area contributed by atoms with E-state index in [4.69, 9.17) is 0 Å². The molecule has 98 valence electrons. The summed E-state index contributed by atoms with van der Waals surface area (Å²) in [6, 6.07) is 8.03. The van der Waals surface area contributed by atoms with E-state index in [9.17, 15) is 8.42 Å². The third-order valence-corrected chi connectivity index (χ3v) is 3.97. The first-order chi connectivity index (χ1) is 8.46. The number of H-pyrrole nitrogens is 1. The Morgan fingerprint density at radius 2 is 2.06 bits per heavy atom. The first kappa shape index (κ1) is 13.1. The molecule has 0 saturated carbocycles. The number of fused-ring (bicyclic) bond motifs is 1. The average Bonchev–Trinajstić information content (AvgIpc) is 2.67. The number of hydrogen-bond donors (Lipinski definition) is 2. The first-order valence-corrected chi connectivity index (χ1v) is 7.98. The molecule has 0 bridgehead atoms. The molecule has 2 N–H and O–H groups in total. The molecule has 1 atom stereocenters. The fraction of sp³-hybridized carbons (Fsp3) is 0.385. The Morgan fingerprint density at radius 3 is 2.78 bits per heavy atom. The monoisotopic (exact) mass is 266 g/mol. The van der Waals surface area contributed by atoms with Crippen LogP contribution in [0.4, 0.5) is 0 Å². The van der Waals surface area contributed by atoms with Gasteiger partial charge in [0.1, 0.15) is 9.84 Å². The van der Waals surface area contributed by atoms with Crippen LogP contribution in [0.3, 0.4) is 0 Å². The molecule has 0 aliphatic carbocycles. The summed E-state index contributed by atoms with van der Waals surface area (Å²) in [5.41, 5.74) is 2.26. The second-order valence-electron chi connectivity index (χ2n) is 4.73. The molecule has 0 fully saturated rings. The largest absolute Gasteiger partial charge is 0.361 e. The Balaban J connectivity index is 2.02. The summed E-state index contributed by atoms with van der Waals surface area (Å²) in [6.07, 6.45) is 3.22. The molecule has 18 heavy (non-hydrogen) atoms. The van der Waals surface area contributed by atoms with Crippen LogP contribution >= 0.6 is 0 Å². The number of sulfone groups is 1. The van der Waals surface area contributed by atoms with Gasteiger partial charge in [-0.2, -0.15) is 0 Å². The molecule has 0 radical (unpaired) electrons. The predicted molar refractivity (Wildman–Crippen MR) is 74.3 cm³/mol. The van der Waals surface area contributed by atoms with E-state index >= 15 is 0 Å². The Bertz CT molecular complexity index is 631. The maximum atomic E-state index is 11.2. The number of para-hydroxylation sites is 1. The van der Waals surface area contributed by atoms with Gasteiger partial charge in [0.05, 0.1) is 5.75 Å². The lowest BCUT2D eigenvalue weighted by atomic mass is 10.2. The number of aromatic amines is 1. The van der Waals surface area contributed by atoms with Gasteiger partial charge in [-0.15, -0.1) is 0 Å². The van der Waals surface area contributed by atoms with Crippen molar-refractivity contribution in [3.63, 3.8) is 0 Å². The summed E-state index contributed by atoms with van der Waals surface area (Å²) in [5.74, 6) is 0.162. The molecule has 2 rings (SSSR count). The van der Waals surface area contributed by atoms with Gasteiger partial charge in [-0.3, -0.25) is 0 Å². The summed E-state index contributed by atoms with van der Waals surface area (Å²) >= 11 is 0. The van der Waals surface area contributed by atoms with E-state index in [0.29, 0.717) is 6.54 Å². The van der Waals surface area contributed by atoms with Gasteiger partial charge < -0.3 is 10.3 Å². The van der Waals surface area contributed by atoms with E-state index in [2.05, 4.69) is 16.4 Å². The van der Waals surface area contributed by atoms with Crippen LogP contribution in [0, 0.1) is 0 Å². The third-order valence-electron chi connectivity index (χ3n) is 2.87. The lowest BCUT2D eigenvalue weighted by Crippen LogP contribution is -2.32. The van der Waals surface area contributed by atoms with Crippen molar-refractivity contribution in [2.75, 3.05) is 12.0 Å². The van der Waals surface area contributed by atoms with Gasteiger partial charge in [-0.25, -0.2) is 8.42 Å². The van der Waals surface area contributed by atoms with E-state index in [-0.39, 0.29) is 11.8 Å². The smallest absolute Gasteiger partial charge is 0.148 e. The number of nitrogens with one attached hydrogen (secondary N) is 2. The van der Waals surface area contributed by atoms with Crippen LogP contribution in [0.2, 0.25) is 0 Å². The van der Waals surface area contributed by atoms with Crippen molar-refractivity contribution >= 4 is 20.7 Å². The van der Waals surface area contributed by atoms with Crippen LogP contribution in [0.1, 0.15) is 12.5 Å². The van der Waals surface area contributed by atoms with E-state index < -0.39 is 9.84 Å². The summed E-state index contributed by atoms with van der Waals surface area (Å²) in [5, 5.41) is 4.41. The van der Waals surface area contributed by atoms with E-state index in [1.54, 1.807) is 0 Å². The SMILES string of the molecule is CC(CS(C)(=O)=O)NCc1c[nH]c2ccccc12. The van der Waals surface area contributed by atoms with E-state index in [1.807, 2.05) is 31.3 Å². The highest BCUT2D eigenvalue weighted by molar-refractivity contribution is 7.90. The minimum atomic E-state index is -2.93. The van der Waals surface area contributed by atoms with Gasteiger partial charge in [0.15, 0.2) is 0 Å². The van der Waals surface area contributed by atoms with Crippen LogP contribution in [-0.4, -0.2) is 31.5 Å². The molecule has 0 aliphatic heterocycles. The Morgan fingerprint density at radius 1 is 1.33 bits per heavy atom. The lowest BCUT2D eigenvalue weighted by Gasteiger charge is -2.12. The highest BCUT2D eigenvalue weighted by Crippen LogP contribution is 2.17. The molecule has 5 heteroatoms. The van der Waals surface area contributed by atoms with Gasteiger partial charge in [0.2, 0.25) is 0 Å². The molecule has 1 aromatic heterocycles. The molecule has 2 aromatic rings. The first-order valence-electron chi connectivity index (χ1n) is 5.92. The lowest BCUT2D eigenvalue weighted by molar-refractivity contribution is 0.561. The minimum Gasteiger partial charge on any atom is -0.361 e. The zero-order valence-electron chi connectivity index (χ0n) is 10.6. The van der Waals surface area contributed by atoms with E-state index in [0.717, 1.165) is 11.1 Å². The zero-order valence-corrected chi connectivity index (χ0v) is 11.4. The normalized spacial score (nSPS) is 13.9. The van der Waals surface area contributed by atoms with Crippen molar-refractivity contribution in [2.24, 2.45) is 0 Å². The summed E-state index contributed by atoms with van der Waals surface area (Å²) < 4.78 is 22.3. The summed E-state index contributed by atoms with van der Waals surface area (Å²) in [6.45, 7) is 2.55.